The second-order valence-corrected chi connectivity index (χ2v) is 5.95. The fourth-order valence-electron chi connectivity index (χ4n) is 2.82. The predicted octanol–water partition coefficient (Wildman–Crippen LogP) is 3.79. The minimum absolute atomic E-state index is 0.227. The Morgan fingerprint density at radius 3 is 2.95 bits per heavy atom. The van der Waals surface area contributed by atoms with Crippen LogP contribution in [0.3, 0.4) is 0 Å². The number of carbonyl (C=O) groups excluding carboxylic acids is 1. The Bertz CT molecular complexity index is 456. The highest BCUT2D eigenvalue weighted by atomic mass is 16.5. The molecule has 20 heavy (non-hydrogen) atoms. The van der Waals surface area contributed by atoms with Gasteiger partial charge in [0.15, 0.2) is 0 Å². The summed E-state index contributed by atoms with van der Waals surface area (Å²) in [5, 5.41) is 0. The molecule has 1 atom stereocenters. The fourth-order valence-corrected chi connectivity index (χ4v) is 2.82. The highest BCUT2D eigenvalue weighted by Crippen LogP contribution is 2.34. The second-order valence-electron chi connectivity index (χ2n) is 5.95. The summed E-state index contributed by atoms with van der Waals surface area (Å²) in [6, 6.07) is 8.33. The summed E-state index contributed by atoms with van der Waals surface area (Å²) in [4.78, 5) is 14.4. The summed E-state index contributed by atoms with van der Waals surface area (Å²) in [5.41, 5.74) is 1.19. The molecule has 3 nitrogen and oxygen atoms in total. The molecule has 0 aliphatic carbocycles. The van der Waals surface area contributed by atoms with E-state index in [-0.39, 0.29) is 6.04 Å². The molecule has 0 radical (unpaired) electrons. The van der Waals surface area contributed by atoms with Gasteiger partial charge in [-0.05, 0) is 42.9 Å². The number of amides is 1. The number of hydrogen-bond acceptors (Lipinski definition) is 2. The van der Waals surface area contributed by atoms with Gasteiger partial charge < -0.3 is 9.64 Å². The molecular weight excluding hydrogens is 250 g/mol. The third kappa shape index (κ3) is 3.53. The van der Waals surface area contributed by atoms with E-state index in [4.69, 9.17) is 4.74 Å². The van der Waals surface area contributed by atoms with Gasteiger partial charge in [-0.1, -0.05) is 26.0 Å². The number of rotatable bonds is 5. The molecule has 1 aliphatic heterocycles. The van der Waals surface area contributed by atoms with Gasteiger partial charge in [-0.15, -0.1) is 0 Å². The van der Waals surface area contributed by atoms with E-state index in [1.54, 1.807) is 7.11 Å². The Morgan fingerprint density at radius 2 is 2.25 bits per heavy atom. The zero-order chi connectivity index (χ0) is 14.5. The van der Waals surface area contributed by atoms with Crippen molar-refractivity contribution in [2.24, 2.45) is 5.92 Å². The maximum atomic E-state index is 12.4. The molecule has 1 unspecified atom stereocenters. The minimum atomic E-state index is 0.227. The van der Waals surface area contributed by atoms with Crippen LogP contribution in [0, 0.1) is 5.92 Å². The quantitative estimate of drug-likeness (QED) is 0.818. The van der Waals surface area contributed by atoms with Crippen molar-refractivity contribution in [3.05, 3.63) is 29.8 Å². The maximum Gasteiger partial charge on any atom is 0.223 e. The van der Waals surface area contributed by atoms with Crippen molar-refractivity contribution < 1.29 is 9.53 Å². The molecule has 1 saturated heterocycles. The van der Waals surface area contributed by atoms with Gasteiger partial charge in [-0.25, -0.2) is 0 Å². The molecule has 1 aliphatic rings. The van der Waals surface area contributed by atoms with E-state index < -0.39 is 0 Å². The number of methoxy groups -OCH3 is 1. The first kappa shape index (κ1) is 14.9. The van der Waals surface area contributed by atoms with Crippen LogP contribution in [0.4, 0.5) is 0 Å². The lowest BCUT2D eigenvalue weighted by Gasteiger charge is -2.25. The van der Waals surface area contributed by atoms with Crippen LogP contribution in [0.15, 0.2) is 24.3 Å². The van der Waals surface area contributed by atoms with Crippen molar-refractivity contribution in [3.8, 4) is 5.75 Å². The third-order valence-corrected chi connectivity index (χ3v) is 3.99. The topological polar surface area (TPSA) is 29.5 Å². The normalized spacial score (nSPS) is 18.6. The summed E-state index contributed by atoms with van der Waals surface area (Å²) < 4.78 is 5.29. The predicted molar refractivity (Wildman–Crippen MR) is 80.8 cm³/mol. The molecule has 0 bridgehead atoms. The van der Waals surface area contributed by atoms with E-state index >= 15 is 0 Å². The molecule has 0 spiro atoms. The monoisotopic (exact) mass is 275 g/mol. The Balaban J connectivity index is 2.08. The highest BCUT2D eigenvalue weighted by molar-refractivity contribution is 5.77. The second kappa shape index (κ2) is 6.78. The van der Waals surface area contributed by atoms with Crippen molar-refractivity contribution in [1.29, 1.82) is 0 Å². The Morgan fingerprint density at radius 1 is 1.45 bits per heavy atom. The van der Waals surface area contributed by atoms with Crippen LogP contribution >= 0.6 is 0 Å². The standard InChI is InChI=1S/C17H25NO2/c1-13(2)9-10-17(19)18-11-5-8-16(18)14-6-4-7-15(12-14)20-3/h4,6-7,12-13,16H,5,8-11H2,1-3H3. The van der Waals surface area contributed by atoms with Crippen LogP contribution in [0.5, 0.6) is 5.75 Å². The largest absolute Gasteiger partial charge is 0.497 e. The van der Waals surface area contributed by atoms with E-state index in [0.29, 0.717) is 18.2 Å². The lowest BCUT2D eigenvalue weighted by atomic mass is 10.0. The van der Waals surface area contributed by atoms with Gasteiger partial charge in [0.25, 0.3) is 0 Å². The van der Waals surface area contributed by atoms with Gasteiger partial charge >= 0.3 is 0 Å². The number of carbonyl (C=O) groups is 1. The lowest BCUT2D eigenvalue weighted by Crippen LogP contribution is -2.30. The number of hydrogen-bond donors (Lipinski definition) is 0. The Hall–Kier alpha value is -1.51. The number of benzene rings is 1. The molecule has 0 N–H and O–H groups in total. The van der Waals surface area contributed by atoms with Gasteiger partial charge in [-0.3, -0.25) is 4.79 Å². The van der Waals surface area contributed by atoms with Crippen molar-refractivity contribution in [2.45, 2.75) is 45.6 Å². The number of nitrogens with zero attached hydrogens (tertiary/aromatic N) is 1. The van der Waals surface area contributed by atoms with E-state index in [1.165, 1.54) is 5.56 Å². The van der Waals surface area contributed by atoms with Gasteiger partial charge in [0.1, 0.15) is 5.75 Å². The van der Waals surface area contributed by atoms with E-state index in [0.717, 1.165) is 31.6 Å². The maximum absolute atomic E-state index is 12.4. The first-order valence-corrected chi connectivity index (χ1v) is 7.55. The van der Waals surface area contributed by atoms with Crippen molar-refractivity contribution in [3.63, 3.8) is 0 Å². The first-order valence-electron chi connectivity index (χ1n) is 7.55. The lowest BCUT2D eigenvalue weighted by molar-refractivity contribution is -0.132. The van der Waals surface area contributed by atoms with Gasteiger partial charge in [0, 0.05) is 13.0 Å². The average Bonchev–Trinajstić information content (AvgIpc) is 2.94. The molecule has 3 heteroatoms. The van der Waals surface area contributed by atoms with E-state index in [9.17, 15) is 4.79 Å². The number of ether oxygens (including phenoxy) is 1. The highest BCUT2D eigenvalue weighted by Gasteiger charge is 2.29. The Kier molecular flexibility index (Phi) is 5.05. The third-order valence-electron chi connectivity index (χ3n) is 3.99. The molecule has 1 heterocycles. The van der Waals surface area contributed by atoms with E-state index in [2.05, 4.69) is 30.9 Å². The van der Waals surface area contributed by atoms with E-state index in [1.807, 2.05) is 12.1 Å². The number of likely N-dealkylation sites (tertiary alicyclic amines) is 1. The van der Waals surface area contributed by atoms with Gasteiger partial charge in [0.2, 0.25) is 5.91 Å². The van der Waals surface area contributed by atoms with Crippen LogP contribution in [0.2, 0.25) is 0 Å². The minimum Gasteiger partial charge on any atom is -0.497 e. The molecule has 110 valence electrons. The molecule has 1 aromatic carbocycles. The SMILES string of the molecule is COc1cccc(C2CCCN2C(=O)CCC(C)C)c1. The molecule has 0 saturated carbocycles. The fraction of sp³-hybridized carbons (Fsp3) is 0.588. The van der Waals surface area contributed by atoms with Crippen LogP contribution in [-0.4, -0.2) is 24.5 Å². The van der Waals surface area contributed by atoms with Crippen LogP contribution < -0.4 is 4.74 Å². The van der Waals surface area contributed by atoms with Crippen LogP contribution in [-0.2, 0) is 4.79 Å². The van der Waals surface area contributed by atoms with Crippen molar-refractivity contribution in [1.82, 2.24) is 4.90 Å². The zero-order valence-corrected chi connectivity index (χ0v) is 12.8. The summed E-state index contributed by atoms with van der Waals surface area (Å²) in [7, 11) is 1.68. The summed E-state index contributed by atoms with van der Waals surface area (Å²) in [6.07, 6.45) is 3.79. The Labute approximate surface area is 121 Å². The van der Waals surface area contributed by atoms with Gasteiger partial charge in [0.05, 0.1) is 13.2 Å². The van der Waals surface area contributed by atoms with Gasteiger partial charge in [-0.2, -0.15) is 0 Å². The molecule has 0 aromatic heterocycles. The average molecular weight is 275 g/mol. The molecule has 1 amide bonds. The smallest absolute Gasteiger partial charge is 0.223 e. The molecular formula is C17H25NO2. The summed E-state index contributed by atoms with van der Waals surface area (Å²) >= 11 is 0. The first-order chi connectivity index (χ1) is 9.61. The molecule has 1 aromatic rings. The molecule has 1 fully saturated rings. The summed E-state index contributed by atoms with van der Waals surface area (Å²) in [6.45, 7) is 5.21. The van der Waals surface area contributed by atoms with Crippen molar-refractivity contribution >= 4 is 5.91 Å². The van der Waals surface area contributed by atoms with Crippen LogP contribution in [0.25, 0.3) is 0 Å². The van der Waals surface area contributed by atoms with Crippen molar-refractivity contribution in [2.75, 3.05) is 13.7 Å². The molecule has 2 rings (SSSR count). The summed E-state index contributed by atoms with van der Waals surface area (Å²) in [5.74, 6) is 1.74. The zero-order valence-electron chi connectivity index (χ0n) is 12.8. The van der Waals surface area contributed by atoms with Crippen LogP contribution in [0.1, 0.15) is 51.1 Å².